The minimum absolute atomic E-state index is 0.0551. The fourth-order valence-corrected chi connectivity index (χ4v) is 6.94. The molecule has 0 bridgehead atoms. The molecule has 242 valence electrons. The van der Waals surface area contributed by atoms with Gasteiger partial charge in [-0.05, 0) is 48.7 Å². The molecule has 3 aromatic rings. The number of fused-ring (bicyclic) bond motifs is 1. The molecule has 47 heavy (non-hydrogen) atoms. The molecule has 2 N–H and O–H groups in total. The minimum Gasteiger partial charge on any atom is -0.481 e. The third kappa shape index (κ3) is 6.88. The van der Waals surface area contributed by atoms with Gasteiger partial charge in [0.2, 0.25) is 0 Å². The van der Waals surface area contributed by atoms with Crippen molar-refractivity contribution in [3.63, 3.8) is 0 Å². The van der Waals surface area contributed by atoms with E-state index in [4.69, 9.17) is 32.9 Å². The molecule has 2 fully saturated rings. The van der Waals surface area contributed by atoms with Crippen LogP contribution in [-0.2, 0) is 20.7 Å². The van der Waals surface area contributed by atoms with Gasteiger partial charge in [0, 0.05) is 72.7 Å². The van der Waals surface area contributed by atoms with Crippen LogP contribution in [0, 0.1) is 12.3 Å². The average Bonchev–Trinajstić information content (AvgIpc) is 3.72. The monoisotopic (exact) mass is 672 g/mol. The van der Waals surface area contributed by atoms with Crippen LogP contribution in [-0.4, -0.2) is 89.1 Å². The van der Waals surface area contributed by atoms with Crippen LogP contribution >= 0.6 is 22.9 Å². The van der Waals surface area contributed by atoms with Gasteiger partial charge in [0.15, 0.2) is 10.8 Å². The Morgan fingerprint density at radius 1 is 1.19 bits per heavy atom. The number of esters is 1. The first-order chi connectivity index (χ1) is 22.7. The predicted molar refractivity (Wildman–Crippen MR) is 180 cm³/mol. The summed E-state index contributed by atoms with van der Waals surface area (Å²) < 4.78 is 5.55. The fourth-order valence-electron chi connectivity index (χ4n) is 6.18. The molecule has 1 aromatic heterocycles. The summed E-state index contributed by atoms with van der Waals surface area (Å²) >= 11 is 7.70. The lowest BCUT2D eigenvalue weighted by Crippen LogP contribution is -2.53. The molecule has 2 atom stereocenters. The highest BCUT2D eigenvalue weighted by atomic mass is 35.5. The number of hydrogen-bond donors (Lipinski definition) is 2. The van der Waals surface area contributed by atoms with E-state index in [0.29, 0.717) is 77.4 Å². The second kappa shape index (κ2) is 14.0. The van der Waals surface area contributed by atoms with Crippen molar-refractivity contribution in [2.45, 2.75) is 31.8 Å². The van der Waals surface area contributed by atoms with Gasteiger partial charge in [-0.1, -0.05) is 35.7 Å². The van der Waals surface area contributed by atoms with Gasteiger partial charge in [0.25, 0.3) is 0 Å². The Labute approximate surface area is 281 Å². The van der Waals surface area contributed by atoms with Crippen molar-refractivity contribution in [1.82, 2.24) is 20.1 Å². The second-order valence-electron chi connectivity index (χ2n) is 11.4. The van der Waals surface area contributed by atoms with Gasteiger partial charge in [-0.3, -0.25) is 19.6 Å². The van der Waals surface area contributed by atoms with Gasteiger partial charge in [0.1, 0.15) is 6.04 Å². The number of aliphatic imine (C=N–C) groups is 1. The Morgan fingerprint density at radius 3 is 2.70 bits per heavy atom. The molecule has 3 aliphatic heterocycles. The number of carbonyl (C=O) groups excluding carboxylic acids is 2. The summed E-state index contributed by atoms with van der Waals surface area (Å²) in [5.41, 5.74) is 3.86. The van der Waals surface area contributed by atoms with E-state index in [-0.39, 0.29) is 25.1 Å². The molecule has 0 spiro atoms. The molecule has 1 unspecified atom stereocenters. The van der Waals surface area contributed by atoms with Crippen LogP contribution in [0.1, 0.15) is 41.1 Å². The van der Waals surface area contributed by atoms with E-state index < -0.39 is 18.0 Å². The van der Waals surface area contributed by atoms with E-state index in [2.05, 4.69) is 21.1 Å². The summed E-state index contributed by atoms with van der Waals surface area (Å²) in [6, 6.07) is 11.8. The maximum Gasteiger partial charge on any atom is 0.338 e. The topological polar surface area (TPSA) is 128 Å². The van der Waals surface area contributed by atoms with E-state index in [0.717, 1.165) is 11.3 Å². The van der Waals surface area contributed by atoms with Crippen LogP contribution in [0.5, 0.6) is 0 Å². The van der Waals surface area contributed by atoms with Crippen LogP contribution < -0.4 is 10.2 Å². The van der Waals surface area contributed by atoms with Crippen molar-refractivity contribution in [2.24, 2.45) is 4.99 Å². The Morgan fingerprint density at radius 2 is 2.00 bits per heavy atom. The van der Waals surface area contributed by atoms with Gasteiger partial charge < -0.3 is 20.1 Å². The highest BCUT2D eigenvalue weighted by Gasteiger charge is 2.42. The van der Waals surface area contributed by atoms with Gasteiger partial charge in [0.05, 0.1) is 18.2 Å². The van der Waals surface area contributed by atoms with Crippen molar-refractivity contribution in [2.75, 3.05) is 44.2 Å². The van der Waals surface area contributed by atoms with Crippen molar-refractivity contribution < 1.29 is 24.2 Å². The minimum atomic E-state index is -0.844. The number of carboxylic acids is 1. The third-order valence-electron chi connectivity index (χ3n) is 8.42. The Balaban J connectivity index is 1.27. The molecular weight excluding hydrogens is 640 g/mol. The van der Waals surface area contributed by atoms with Gasteiger partial charge >= 0.3 is 18.0 Å². The molecule has 13 heteroatoms. The molecule has 2 saturated heterocycles. The number of aliphatic carboxylic acids is 1. The zero-order valence-corrected chi connectivity index (χ0v) is 27.3. The lowest BCUT2D eigenvalue weighted by atomic mass is 9.92. The van der Waals surface area contributed by atoms with Crippen LogP contribution in [0.3, 0.4) is 0 Å². The number of anilines is 1. The number of carbonyl (C=O) groups is 3. The van der Waals surface area contributed by atoms with Gasteiger partial charge in [-0.15, -0.1) is 17.8 Å². The molecule has 6 rings (SSSR count). The number of terminal acetylenes is 1. The van der Waals surface area contributed by atoms with Crippen molar-refractivity contribution in [1.29, 1.82) is 0 Å². The molecule has 0 aliphatic carbocycles. The number of piperazine rings is 1. The number of aromatic nitrogens is 1. The normalized spacial score (nSPS) is 19.6. The van der Waals surface area contributed by atoms with E-state index in [1.165, 1.54) is 11.3 Å². The Bertz CT molecular complexity index is 1780. The first-order valence-corrected chi connectivity index (χ1v) is 16.5. The van der Waals surface area contributed by atoms with E-state index >= 15 is 0 Å². The standard InChI is InChI=1S/C34H33ClN6O5S/c1-3-22-17-23(35)8-11-26(22)30-29(33(44)46-4-2)27(37-31(38-30)32-36-13-16-47-32)20-39-14-15-40-25(18-39)19-41(34(40)45)24-9-5-21(6-10-24)7-12-28(42)43/h1,5-6,8-11,13,16-17,25,30H,4,7,12,14-15,18-20H2,2H3,(H,37,38)(H,42,43)/t25-,30?/m0/s1. The van der Waals surface area contributed by atoms with Gasteiger partial charge in [-0.25, -0.2) is 14.6 Å². The number of ether oxygens (including phenoxy) is 1. The average molecular weight is 673 g/mol. The highest BCUT2D eigenvalue weighted by molar-refractivity contribution is 7.11. The molecular formula is C34H33ClN6O5S. The zero-order valence-electron chi connectivity index (χ0n) is 25.7. The smallest absolute Gasteiger partial charge is 0.338 e. The number of urea groups is 1. The van der Waals surface area contributed by atoms with E-state index in [1.54, 1.807) is 36.2 Å². The summed E-state index contributed by atoms with van der Waals surface area (Å²) in [5.74, 6) is 1.88. The summed E-state index contributed by atoms with van der Waals surface area (Å²) in [6.45, 7) is 4.54. The Hall–Kier alpha value is -4.70. The third-order valence-corrected chi connectivity index (χ3v) is 9.43. The van der Waals surface area contributed by atoms with E-state index in [1.807, 2.05) is 34.5 Å². The van der Waals surface area contributed by atoms with E-state index in [9.17, 15) is 14.4 Å². The Kier molecular flexibility index (Phi) is 9.58. The lowest BCUT2D eigenvalue weighted by molar-refractivity contribution is -0.139. The predicted octanol–water partition coefficient (Wildman–Crippen LogP) is 4.33. The lowest BCUT2D eigenvalue weighted by Gasteiger charge is -2.38. The second-order valence-corrected chi connectivity index (χ2v) is 12.7. The molecule has 0 radical (unpaired) electrons. The summed E-state index contributed by atoms with van der Waals surface area (Å²) in [5, 5.41) is 15.4. The number of amides is 2. The number of amidine groups is 1. The number of rotatable bonds is 10. The van der Waals surface area contributed by atoms with Crippen molar-refractivity contribution >= 4 is 52.4 Å². The summed E-state index contributed by atoms with van der Waals surface area (Å²) in [6.07, 6.45) is 8.07. The first-order valence-electron chi connectivity index (χ1n) is 15.3. The number of carboxylic acid groups (broad SMARTS) is 1. The number of benzene rings is 2. The quantitative estimate of drug-likeness (QED) is 0.241. The van der Waals surface area contributed by atoms with Crippen LogP contribution in [0.25, 0.3) is 0 Å². The number of hydrogen-bond acceptors (Lipinski definition) is 9. The maximum atomic E-state index is 13.6. The van der Waals surface area contributed by atoms with Gasteiger partial charge in [-0.2, -0.15) is 0 Å². The SMILES string of the molecule is C#Cc1cc(Cl)ccc1C1N=C(c2nccs2)NC(CN2CCN3C(=O)N(c4ccc(CCC(=O)O)cc4)C[C@@H]3C2)=C1C(=O)OCC. The van der Waals surface area contributed by atoms with Crippen LogP contribution in [0.4, 0.5) is 10.5 Å². The number of nitrogens with one attached hydrogen (secondary N) is 1. The maximum absolute atomic E-state index is 13.6. The molecule has 11 nitrogen and oxygen atoms in total. The van der Waals surface area contributed by atoms with Crippen LogP contribution in [0.2, 0.25) is 5.02 Å². The van der Waals surface area contributed by atoms with Crippen LogP contribution in [0.15, 0.2) is 70.3 Å². The molecule has 2 aromatic carbocycles. The van der Waals surface area contributed by atoms with Crippen molar-refractivity contribution in [3.05, 3.63) is 92.0 Å². The van der Waals surface area contributed by atoms with Crippen molar-refractivity contribution in [3.8, 4) is 12.3 Å². The number of nitrogens with zero attached hydrogens (tertiary/aromatic N) is 5. The molecule has 4 heterocycles. The fraction of sp³-hybridized carbons (Fsp3) is 0.324. The largest absolute Gasteiger partial charge is 0.481 e. The highest BCUT2D eigenvalue weighted by Crippen LogP contribution is 2.36. The number of halogens is 1. The first kappa shape index (κ1) is 32.2. The molecule has 2 amide bonds. The summed E-state index contributed by atoms with van der Waals surface area (Å²) in [4.78, 5) is 53.3. The molecule has 3 aliphatic rings. The zero-order chi connectivity index (χ0) is 33.1. The number of thiazole rings is 1. The number of aryl methyl sites for hydroxylation is 1. The summed E-state index contributed by atoms with van der Waals surface area (Å²) in [7, 11) is 0. The molecule has 0 saturated carbocycles.